The fourth-order valence-electron chi connectivity index (χ4n) is 1.70. The van der Waals surface area contributed by atoms with Crippen LogP contribution in [0.1, 0.15) is 19.8 Å². The molecule has 1 N–H and O–H groups in total. The molecule has 0 fully saturated rings. The average Bonchev–Trinajstić information content (AvgIpc) is 2.82. The molecule has 0 aliphatic heterocycles. The summed E-state index contributed by atoms with van der Waals surface area (Å²) in [4.78, 5) is 4.27. The third kappa shape index (κ3) is 3.35. The minimum Gasteiger partial charge on any atom is -0.355 e. The summed E-state index contributed by atoms with van der Waals surface area (Å²) in [6.45, 7) is 3.01. The Morgan fingerprint density at radius 2 is 1.89 bits per heavy atom. The highest BCUT2D eigenvalue weighted by Crippen LogP contribution is 2.32. The largest absolute Gasteiger partial charge is 0.355 e. The van der Waals surface area contributed by atoms with Crippen LogP contribution in [0, 0.1) is 0 Å². The number of anilines is 1. The van der Waals surface area contributed by atoms with Gasteiger partial charge in [-0.15, -0.1) is 0 Å². The average molecular weight is 319 g/mol. The number of unbranched alkanes of at least 4 members (excludes halogenated alkanes) is 1. The van der Waals surface area contributed by atoms with Crippen molar-refractivity contribution < 1.29 is 0 Å². The molecular weight excluding hydrogens is 305 g/mol. The molecule has 102 valence electrons. The van der Waals surface area contributed by atoms with Crippen molar-refractivity contribution in [2.45, 2.75) is 19.8 Å². The van der Waals surface area contributed by atoms with Crippen molar-refractivity contribution in [3.8, 4) is 5.69 Å². The van der Waals surface area contributed by atoms with Gasteiger partial charge in [0.05, 0.1) is 20.8 Å². The van der Waals surface area contributed by atoms with Crippen molar-refractivity contribution in [3.05, 3.63) is 39.6 Å². The quantitative estimate of drug-likeness (QED) is 0.618. The number of hydrogen-bond donors (Lipinski definition) is 1. The Balaban J connectivity index is 2.32. The molecule has 1 aromatic carbocycles. The van der Waals surface area contributed by atoms with E-state index in [0.717, 1.165) is 31.0 Å². The third-order valence-corrected chi connectivity index (χ3v) is 3.73. The van der Waals surface area contributed by atoms with Crippen molar-refractivity contribution >= 4 is 40.8 Å². The number of nitrogens with one attached hydrogen (secondary N) is 1. The Morgan fingerprint density at radius 3 is 2.63 bits per heavy atom. The van der Waals surface area contributed by atoms with Gasteiger partial charge in [-0.1, -0.05) is 48.1 Å². The molecule has 0 unspecified atom stereocenters. The maximum atomic E-state index is 6.21. The molecule has 2 aromatic rings. The van der Waals surface area contributed by atoms with Crippen molar-refractivity contribution in [3.63, 3.8) is 0 Å². The number of nitrogens with zero attached hydrogens (tertiary/aromatic N) is 2. The van der Waals surface area contributed by atoms with Crippen LogP contribution in [0.15, 0.2) is 24.5 Å². The van der Waals surface area contributed by atoms with Crippen molar-refractivity contribution in [2.75, 3.05) is 11.9 Å². The molecule has 0 radical (unpaired) electrons. The highest BCUT2D eigenvalue weighted by Gasteiger charge is 2.11. The molecule has 0 aliphatic carbocycles. The molecule has 0 atom stereocenters. The first kappa shape index (κ1) is 14.5. The van der Waals surface area contributed by atoms with Crippen LogP contribution in [-0.2, 0) is 0 Å². The zero-order valence-corrected chi connectivity index (χ0v) is 12.7. The van der Waals surface area contributed by atoms with Gasteiger partial charge in [-0.2, -0.15) is 0 Å². The van der Waals surface area contributed by atoms with E-state index in [9.17, 15) is 0 Å². The summed E-state index contributed by atoms with van der Waals surface area (Å²) in [6.07, 6.45) is 5.76. The predicted molar refractivity (Wildman–Crippen MR) is 82.0 cm³/mol. The normalized spacial score (nSPS) is 10.7. The standard InChI is InChI=1S/C13H14Cl3N3/c1-2-3-4-17-13-18-5-6-19(13)12-8-10(15)9(14)7-11(12)16/h5-8H,2-4H2,1H3,(H,17,18). The Bertz CT molecular complexity index is 566. The van der Waals surface area contributed by atoms with Crippen LogP contribution in [0.4, 0.5) is 5.95 Å². The van der Waals surface area contributed by atoms with Crippen LogP contribution in [0.25, 0.3) is 5.69 Å². The lowest BCUT2D eigenvalue weighted by molar-refractivity contribution is 0.823. The van der Waals surface area contributed by atoms with E-state index in [1.807, 2.05) is 10.8 Å². The van der Waals surface area contributed by atoms with E-state index in [2.05, 4.69) is 17.2 Å². The van der Waals surface area contributed by atoms with Crippen LogP contribution < -0.4 is 5.32 Å². The summed E-state index contributed by atoms with van der Waals surface area (Å²) in [7, 11) is 0. The van der Waals surface area contributed by atoms with Gasteiger partial charge in [-0.05, 0) is 18.6 Å². The lowest BCUT2D eigenvalue weighted by Crippen LogP contribution is -2.07. The number of imidazole rings is 1. The van der Waals surface area contributed by atoms with E-state index in [1.54, 1.807) is 18.3 Å². The van der Waals surface area contributed by atoms with Crippen LogP contribution in [0.2, 0.25) is 15.1 Å². The summed E-state index contributed by atoms with van der Waals surface area (Å²) in [6, 6.07) is 3.37. The molecule has 0 saturated carbocycles. The second-order valence-electron chi connectivity index (χ2n) is 4.12. The second-order valence-corrected chi connectivity index (χ2v) is 5.34. The maximum Gasteiger partial charge on any atom is 0.207 e. The highest BCUT2D eigenvalue weighted by atomic mass is 35.5. The summed E-state index contributed by atoms with van der Waals surface area (Å²) in [5, 5.41) is 4.71. The molecular formula is C13H14Cl3N3. The molecule has 2 rings (SSSR count). The topological polar surface area (TPSA) is 29.9 Å². The van der Waals surface area contributed by atoms with E-state index in [4.69, 9.17) is 34.8 Å². The Labute approximate surface area is 127 Å². The minimum atomic E-state index is 0.441. The van der Waals surface area contributed by atoms with Crippen LogP contribution in [0.5, 0.6) is 0 Å². The number of rotatable bonds is 5. The SMILES string of the molecule is CCCCNc1nccn1-c1cc(Cl)c(Cl)cc1Cl. The highest BCUT2D eigenvalue weighted by molar-refractivity contribution is 6.43. The zero-order chi connectivity index (χ0) is 13.8. The fraction of sp³-hybridized carbons (Fsp3) is 0.308. The van der Waals surface area contributed by atoms with Gasteiger partial charge in [0.1, 0.15) is 0 Å². The van der Waals surface area contributed by atoms with E-state index in [0.29, 0.717) is 15.1 Å². The van der Waals surface area contributed by atoms with Gasteiger partial charge in [0.15, 0.2) is 0 Å². The number of benzene rings is 1. The number of halogens is 3. The van der Waals surface area contributed by atoms with E-state index >= 15 is 0 Å². The van der Waals surface area contributed by atoms with Gasteiger partial charge in [0.2, 0.25) is 5.95 Å². The van der Waals surface area contributed by atoms with Gasteiger partial charge in [0.25, 0.3) is 0 Å². The Morgan fingerprint density at radius 1 is 1.16 bits per heavy atom. The summed E-state index contributed by atoms with van der Waals surface area (Å²) >= 11 is 18.2. The molecule has 19 heavy (non-hydrogen) atoms. The molecule has 1 aromatic heterocycles. The van der Waals surface area contributed by atoms with Gasteiger partial charge < -0.3 is 5.32 Å². The first-order valence-corrected chi connectivity index (χ1v) is 7.19. The van der Waals surface area contributed by atoms with E-state index in [1.165, 1.54) is 0 Å². The molecule has 0 amide bonds. The molecule has 0 saturated heterocycles. The summed E-state index contributed by atoms with van der Waals surface area (Å²) < 4.78 is 1.86. The van der Waals surface area contributed by atoms with Gasteiger partial charge in [0, 0.05) is 18.9 Å². The maximum absolute atomic E-state index is 6.21. The minimum absolute atomic E-state index is 0.441. The Kier molecular flexibility index (Phi) is 4.97. The second kappa shape index (κ2) is 6.51. The van der Waals surface area contributed by atoms with Gasteiger partial charge in [-0.3, -0.25) is 4.57 Å². The fourth-order valence-corrected chi connectivity index (χ4v) is 2.33. The van der Waals surface area contributed by atoms with Crippen molar-refractivity contribution in [2.24, 2.45) is 0 Å². The molecule has 1 heterocycles. The zero-order valence-electron chi connectivity index (χ0n) is 10.5. The molecule has 6 heteroatoms. The molecule has 3 nitrogen and oxygen atoms in total. The first-order valence-electron chi connectivity index (χ1n) is 6.05. The first-order chi connectivity index (χ1) is 9.13. The lowest BCUT2D eigenvalue weighted by atomic mass is 10.3. The predicted octanol–water partition coefficient (Wildman–Crippen LogP) is 5.04. The van der Waals surface area contributed by atoms with Crippen molar-refractivity contribution in [1.82, 2.24) is 9.55 Å². The molecule has 0 bridgehead atoms. The van der Waals surface area contributed by atoms with Gasteiger partial charge in [-0.25, -0.2) is 4.98 Å². The van der Waals surface area contributed by atoms with E-state index in [-0.39, 0.29) is 0 Å². The van der Waals surface area contributed by atoms with Crippen LogP contribution >= 0.6 is 34.8 Å². The third-order valence-electron chi connectivity index (χ3n) is 2.70. The number of hydrogen-bond acceptors (Lipinski definition) is 2. The smallest absolute Gasteiger partial charge is 0.207 e. The van der Waals surface area contributed by atoms with Gasteiger partial charge >= 0.3 is 0 Å². The monoisotopic (exact) mass is 317 g/mol. The summed E-state index contributed by atoms with van der Waals surface area (Å²) in [5.41, 5.74) is 0.757. The molecule has 0 aliphatic rings. The van der Waals surface area contributed by atoms with Crippen LogP contribution in [0.3, 0.4) is 0 Å². The van der Waals surface area contributed by atoms with E-state index < -0.39 is 0 Å². The summed E-state index contributed by atoms with van der Waals surface area (Å²) in [5.74, 6) is 0.744. The lowest BCUT2D eigenvalue weighted by Gasteiger charge is -2.12. The number of aromatic nitrogens is 2. The Hall–Kier alpha value is -0.900. The molecule has 0 spiro atoms. The van der Waals surface area contributed by atoms with Crippen molar-refractivity contribution in [1.29, 1.82) is 0 Å². The van der Waals surface area contributed by atoms with Crippen LogP contribution in [-0.4, -0.2) is 16.1 Å².